The van der Waals surface area contributed by atoms with Gasteiger partial charge in [-0.1, -0.05) is 18.2 Å². The summed E-state index contributed by atoms with van der Waals surface area (Å²) < 4.78 is 12.1. The first-order chi connectivity index (χ1) is 20.8. The van der Waals surface area contributed by atoms with Crippen molar-refractivity contribution in [2.45, 2.75) is 82.1 Å². The third-order valence-electron chi connectivity index (χ3n) is 8.93. The van der Waals surface area contributed by atoms with E-state index in [9.17, 15) is 19.5 Å². The number of aliphatic hydroxyl groups is 2. The second-order valence-corrected chi connectivity index (χ2v) is 12.2. The molecular formula is C32H42N2O10. The van der Waals surface area contributed by atoms with Gasteiger partial charge in [0.15, 0.2) is 17.1 Å². The van der Waals surface area contributed by atoms with Gasteiger partial charge in [-0.2, -0.15) is 0 Å². The second-order valence-electron chi connectivity index (χ2n) is 12.2. The molecule has 0 unspecified atom stereocenters. The zero-order valence-corrected chi connectivity index (χ0v) is 25.1. The monoisotopic (exact) mass is 614 g/mol. The fraction of sp³-hybridized carbons (Fsp3) is 0.562. The van der Waals surface area contributed by atoms with E-state index in [1.165, 1.54) is 18.4 Å². The lowest BCUT2D eigenvalue weighted by atomic mass is 9.85. The van der Waals surface area contributed by atoms with Gasteiger partial charge >= 0.3 is 17.9 Å². The van der Waals surface area contributed by atoms with Gasteiger partial charge in [0, 0.05) is 37.3 Å². The van der Waals surface area contributed by atoms with Crippen LogP contribution < -0.4 is 9.47 Å². The van der Waals surface area contributed by atoms with Crippen molar-refractivity contribution < 1.29 is 49.4 Å². The number of aryl methyl sites for hydroxylation is 1. The molecule has 1 saturated heterocycles. The van der Waals surface area contributed by atoms with Crippen molar-refractivity contribution in [1.82, 2.24) is 9.88 Å². The lowest BCUT2D eigenvalue weighted by Gasteiger charge is -2.30. The first kappa shape index (κ1) is 33.2. The molecule has 2 heterocycles. The molecule has 44 heavy (non-hydrogen) atoms. The number of rotatable bonds is 11. The van der Waals surface area contributed by atoms with E-state index in [-0.39, 0.29) is 5.92 Å². The summed E-state index contributed by atoms with van der Waals surface area (Å²) in [6.07, 6.45) is 6.49. The van der Waals surface area contributed by atoms with Crippen LogP contribution >= 0.6 is 0 Å². The largest absolute Gasteiger partial charge is 0.493 e. The van der Waals surface area contributed by atoms with Gasteiger partial charge in [-0.3, -0.25) is 19.5 Å². The van der Waals surface area contributed by atoms with E-state index < -0.39 is 42.0 Å². The maximum atomic E-state index is 11.6. The molecule has 3 aliphatic rings. The Labute approximate surface area is 256 Å². The number of pyridine rings is 1. The van der Waals surface area contributed by atoms with Crippen LogP contribution in [0.15, 0.2) is 36.5 Å². The Morgan fingerprint density at radius 1 is 1.02 bits per heavy atom. The van der Waals surface area contributed by atoms with Crippen LogP contribution in [0.25, 0.3) is 0 Å². The molecule has 5 N–H and O–H groups in total. The molecule has 12 heteroatoms. The number of ether oxygens (including phenoxy) is 2. The van der Waals surface area contributed by atoms with E-state index in [0.29, 0.717) is 12.0 Å². The Kier molecular flexibility index (Phi) is 10.5. The summed E-state index contributed by atoms with van der Waals surface area (Å²) in [5.74, 6) is -2.55. The number of hydrogen-bond acceptors (Lipinski definition) is 9. The van der Waals surface area contributed by atoms with E-state index in [1.54, 1.807) is 7.11 Å². The van der Waals surface area contributed by atoms with Crippen LogP contribution in [0.2, 0.25) is 0 Å². The van der Waals surface area contributed by atoms with E-state index in [0.717, 1.165) is 68.1 Å². The van der Waals surface area contributed by atoms with E-state index in [2.05, 4.69) is 28.1 Å². The molecule has 5 rings (SSSR count). The number of aromatic nitrogens is 1. The third kappa shape index (κ3) is 7.66. The molecule has 0 radical (unpaired) electrons. The summed E-state index contributed by atoms with van der Waals surface area (Å²) in [6.45, 7) is 4.76. The lowest BCUT2D eigenvalue weighted by Crippen LogP contribution is -2.42. The van der Waals surface area contributed by atoms with E-state index in [4.69, 9.17) is 29.9 Å². The molecule has 12 nitrogen and oxygen atoms in total. The summed E-state index contributed by atoms with van der Waals surface area (Å²) >= 11 is 0. The summed E-state index contributed by atoms with van der Waals surface area (Å²) in [7, 11) is 1.72. The average molecular weight is 615 g/mol. The first-order valence-electron chi connectivity index (χ1n) is 14.9. The summed E-state index contributed by atoms with van der Waals surface area (Å²) in [4.78, 5) is 37.6. The fourth-order valence-corrected chi connectivity index (χ4v) is 6.66. The highest BCUT2D eigenvalue weighted by atomic mass is 16.5. The number of methoxy groups -OCH3 is 1. The molecule has 2 aromatic rings. The predicted molar refractivity (Wildman–Crippen MR) is 157 cm³/mol. The molecule has 3 fully saturated rings. The molecule has 240 valence electrons. The number of para-hydroxylation sites is 1. The van der Waals surface area contributed by atoms with E-state index in [1.807, 2.05) is 25.3 Å². The number of carbonyl (C=O) groups is 3. The maximum Gasteiger partial charge on any atom is 0.336 e. The van der Waals surface area contributed by atoms with Gasteiger partial charge < -0.3 is 35.0 Å². The topological polar surface area (TPSA) is 187 Å². The van der Waals surface area contributed by atoms with Gasteiger partial charge in [-0.05, 0) is 69.1 Å². The Hall–Kier alpha value is -3.74. The molecule has 2 saturated carbocycles. The molecule has 3 atom stereocenters. The Balaban J connectivity index is 0.000000289. The highest BCUT2D eigenvalue weighted by Gasteiger charge is 2.53. The minimum Gasteiger partial charge on any atom is -0.493 e. The summed E-state index contributed by atoms with van der Waals surface area (Å²) in [6, 6.07) is 10.3. The number of likely N-dealkylation sites (tertiary alicyclic amines) is 1. The smallest absolute Gasteiger partial charge is 0.336 e. The number of nitrogens with zero attached hydrogens (tertiary/aromatic N) is 2. The van der Waals surface area contributed by atoms with E-state index >= 15 is 0 Å². The molecule has 0 amide bonds. The highest BCUT2D eigenvalue weighted by molar-refractivity contribution is 5.88. The zero-order valence-electron chi connectivity index (χ0n) is 25.1. The van der Waals surface area contributed by atoms with Crippen LogP contribution in [-0.4, -0.2) is 85.2 Å². The standard InChI is InChI=1S/C26H34N2O3.C6H8O7/c1-18-10-11-24(27-14-18)26(29)13-12-19-15-28(17-22(19)26)16-20-6-5-9-23(30-2)25(20)31-21-7-3-4-8-21;7-3(8)1-6(13,5(11)12)2-4(9)10/h5-6,9-11,14,19,21-22,29H,3-4,7-8,12-13,15-17H2,1-2H3;13H,1-2H2,(H,7,8)(H,9,10)(H,11,12)/t19-,22+,26-;/m1./s1. The van der Waals surface area contributed by atoms with Crippen LogP contribution in [0.5, 0.6) is 11.5 Å². The Morgan fingerprint density at radius 3 is 2.27 bits per heavy atom. The number of benzene rings is 1. The maximum absolute atomic E-state index is 11.6. The van der Waals surface area contributed by atoms with Crippen molar-refractivity contribution in [1.29, 1.82) is 0 Å². The Morgan fingerprint density at radius 2 is 1.70 bits per heavy atom. The van der Waals surface area contributed by atoms with Gasteiger partial charge in [0.25, 0.3) is 0 Å². The van der Waals surface area contributed by atoms with Crippen molar-refractivity contribution in [2.24, 2.45) is 11.8 Å². The molecule has 1 aliphatic heterocycles. The SMILES string of the molecule is COc1cccc(CN2C[C@H]3CC[C@](O)(c4ccc(C)cn4)[C@H]3C2)c1OC1CCCC1.O=C(O)CC(O)(CC(=O)O)C(=O)O. The van der Waals surface area contributed by atoms with Crippen molar-refractivity contribution in [3.05, 3.63) is 53.3 Å². The molecular weight excluding hydrogens is 572 g/mol. The van der Waals surface area contributed by atoms with Crippen LogP contribution in [0, 0.1) is 18.8 Å². The first-order valence-corrected chi connectivity index (χ1v) is 14.9. The summed E-state index contributed by atoms with van der Waals surface area (Å²) in [5.41, 5.74) is -0.410. The number of carboxylic acid groups (broad SMARTS) is 3. The molecule has 1 aromatic carbocycles. The second kappa shape index (κ2) is 13.9. The quantitative estimate of drug-likeness (QED) is 0.249. The van der Waals surface area contributed by atoms with Crippen molar-refractivity contribution in [3.8, 4) is 11.5 Å². The Bertz CT molecular complexity index is 1310. The van der Waals surface area contributed by atoms with Gasteiger partial charge in [0.05, 0.1) is 31.7 Å². The normalized spacial score (nSPS) is 23.5. The lowest BCUT2D eigenvalue weighted by molar-refractivity contribution is -0.170. The van der Waals surface area contributed by atoms with Gasteiger partial charge in [0.2, 0.25) is 0 Å². The number of aliphatic carboxylic acids is 3. The van der Waals surface area contributed by atoms with Crippen LogP contribution in [0.1, 0.15) is 68.2 Å². The number of hydrogen-bond donors (Lipinski definition) is 5. The van der Waals surface area contributed by atoms with Gasteiger partial charge in [-0.25, -0.2) is 4.79 Å². The van der Waals surface area contributed by atoms with Crippen LogP contribution in [0.3, 0.4) is 0 Å². The molecule has 1 aromatic heterocycles. The molecule has 0 spiro atoms. The zero-order chi connectivity index (χ0) is 32.1. The minimum atomic E-state index is -2.74. The van der Waals surface area contributed by atoms with Crippen molar-refractivity contribution in [3.63, 3.8) is 0 Å². The average Bonchev–Trinajstić information content (AvgIpc) is 3.69. The molecule has 2 aliphatic carbocycles. The fourth-order valence-electron chi connectivity index (χ4n) is 6.66. The third-order valence-corrected chi connectivity index (χ3v) is 8.93. The minimum absolute atomic E-state index is 0.229. The van der Waals surface area contributed by atoms with Gasteiger partial charge in [0.1, 0.15) is 5.60 Å². The van der Waals surface area contributed by atoms with Crippen molar-refractivity contribution >= 4 is 17.9 Å². The number of fused-ring (bicyclic) bond motifs is 1. The van der Waals surface area contributed by atoms with Crippen LogP contribution in [0.4, 0.5) is 0 Å². The van der Waals surface area contributed by atoms with Crippen molar-refractivity contribution in [2.75, 3.05) is 20.2 Å². The predicted octanol–water partition coefficient (Wildman–Crippen LogP) is 3.20. The highest BCUT2D eigenvalue weighted by Crippen LogP contribution is 2.50. The summed E-state index contributed by atoms with van der Waals surface area (Å²) in [5, 5.41) is 45.4. The van der Waals surface area contributed by atoms with Crippen LogP contribution in [-0.2, 0) is 26.5 Å². The molecule has 0 bridgehead atoms. The van der Waals surface area contributed by atoms with Gasteiger partial charge in [-0.15, -0.1) is 0 Å². The number of carboxylic acids is 3.